The Morgan fingerprint density at radius 3 is 2.61 bits per heavy atom. The molecule has 0 aliphatic carbocycles. The van der Waals surface area contributed by atoms with Gasteiger partial charge in [0, 0.05) is 25.7 Å². The fraction of sp³-hybridized carbons (Fsp3) is 0.231. The number of benzene rings is 1. The molecule has 4 nitrogen and oxygen atoms in total. The summed E-state index contributed by atoms with van der Waals surface area (Å²) in [4.78, 5) is 23.9. The Kier molecular flexibility index (Phi) is 5.05. The highest BCUT2D eigenvalue weighted by atomic mass is 19.1. The number of rotatable bonds is 4. The van der Waals surface area contributed by atoms with E-state index in [1.807, 2.05) is 0 Å². The molecule has 0 aromatic heterocycles. The van der Waals surface area contributed by atoms with Gasteiger partial charge in [-0.15, -0.1) is 0 Å². The molecule has 0 fully saturated rings. The van der Waals surface area contributed by atoms with Crippen LogP contribution in [0.5, 0.6) is 0 Å². The molecule has 96 valence electrons. The largest absolute Gasteiger partial charge is 0.347 e. The molecule has 1 aromatic rings. The van der Waals surface area contributed by atoms with E-state index in [-0.39, 0.29) is 12.5 Å². The second-order valence-corrected chi connectivity index (χ2v) is 3.86. The molecule has 1 rings (SSSR count). The first kappa shape index (κ1) is 13.9. The van der Waals surface area contributed by atoms with Crippen molar-refractivity contribution in [1.29, 1.82) is 0 Å². The lowest BCUT2D eigenvalue weighted by Gasteiger charge is -2.09. The molecule has 18 heavy (non-hydrogen) atoms. The third-order valence-electron chi connectivity index (χ3n) is 2.23. The first-order valence-corrected chi connectivity index (χ1v) is 5.41. The number of hydrogen-bond acceptors (Lipinski definition) is 2. The van der Waals surface area contributed by atoms with Crippen molar-refractivity contribution in [2.24, 2.45) is 0 Å². The number of likely N-dealkylation sites (N-methyl/N-ethyl adjacent to an activating group) is 1. The van der Waals surface area contributed by atoms with Gasteiger partial charge in [0.25, 0.3) is 0 Å². The smallest absolute Gasteiger partial charge is 0.244 e. The third kappa shape index (κ3) is 4.37. The zero-order chi connectivity index (χ0) is 13.5. The van der Waals surface area contributed by atoms with Crippen LogP contribution in [0.2, 0.25) is 0 Å². The molecule has 0 atom stereocenters. The highest BCUT2D eigenvalue weighted by Crippen LogP contribution is 2.07. The van der Waals surface area contributed by atoms with Crippen molar-refractivity contribution in [1.82, 2.24) is 10.2 Å². The van der Waals surface area contributed by atoms with Crippen molar-refractivity contribution in [3.05, 3.63) is 41.7 Å². The molecule has 1 aromatic carbocycles. The Labute approximate surface area is 105 Å². The normalized spacial score (nSPS) is 10.4. The molecule has 0 aliphatic heterocycles. The molecule has 0 unspecified atom stereocenters. The predicted molar refractivity (Wildman–Crippen MR) is 67.1 cm³/mol. The molecule has 0 saturated heterocycles. The minimum Gasteiger partial charge on any atom is -0.347 e. The van der Waals surface area contributed by atoms with E-state index >= 15 is 0 Å². The molecule has 0 saturated carbocycles. The van der Waals surface area contributed by atoms with Gasteiger partial charge < -0.3 is 10.2 Å². The number of amides is 2. The molecule has 0 aliphatic rings. The maximum atomic E-state index is 13.2. The van der Waals surface area contributed by atoms with Crippen molar-refractivity contribution in [2.45, 2.75) is 0 Å². The molecule has 5 heteroatoms. The van der Waals surface area contributed by atoms with Crippen LogP contribution in [-0.4, -0.2) is 37.4 Å². The number of nitrogens with one attached hydrogen (secondary N) is 1. The van der Waals surface area contributed by atoms with E-state index in [4.69, 9.17) is 0 Å². The summed E-state index contributed by atoms with van der Waals surface area (Å²) in [5, 5.41) is 2.41. The van der Waals surface area contributed by atoms with Crippen LogP contribution in [0, 0.1) is 5.82 Å². The van der Waals surface area contributed by atoms with Crippen LogP contribution in [0.1, 0.15) is 5.56 Å². The quantitative estimate of drug-likeness (QED) is 0.812. The first-order chi connectivity index (χ1) is 8.50. The monoisotopic (exact) mass is 250 g/mol. The molecule has 0 radical (unpaired) electrons. The van der Waals surface area contributed by atoms with Gasteiger partial charge in [0.05, 0.1) is 6.54 Å². The number of nitrogens with zero attached hydrogens (tertiary/aromatic N) is 1. The van der Waals surface area contributed by atoms with Crippen molar-refractivity contribution in [3.8, 4) is 0 Å². The van der Waals surface area contributed by atoms with Gasteiger partial charge in [-0.3, -0.25) is 9.59 Å². The minimum atomic E-state index is -0.437. The van der Waals surface area contributed by atoms with Gasteiger partial charge in [-0.2, -0.15) is 0 Å². The van der Waals surface area contributed by atoms with Gasteiger partial charge >= 0.3 is 0 Å². The van der Waals surface area contributed by atoms with Gasteiger partial charge in [0.2, 0.25) is 11.8 Å². The maximum Gasteiger partial charge on any atom is 0.244 e. The van der Waals surface area contributed by atoms with Crippen LogP contribution in [0.25, 0.3) is 6.08 Å². The average Bonchev–Trinajstić information content (AvgIpc) is 2.34. The van der Waals surface area contributed by atoms with Gasteiger partial charge in [0.15, 0.2) is 0 Å². The van der Waals surface area contributed by atoms with Crippen LogP contribution in [0.15, 0.2) is 30.3 Å². The molecular weight excluding hydrogens is 235 g/mol. The third-order valence-corrected chi connectivity index (χ3v) is 2.23. The van der Waals surface area contributed by atoms with Crippen molar-refractivity contribution < 1.29 is 14.0 Å². The van der Waals surface area contributed by atoms with E-state index in [1.54, 1.807) is 32.3 Å². The van der Waals surface area contributed by atoms with E-state index < -0.39 is 11.7 Å². The minimum absolute atomic E-state index is 0.0759. The summed E-state index contributed by atoms with van der Waals surface area (Å²) in [6, 6.07) is 6.12. The highest BCUT2D eigenvalue weighted by Gasteiger charge is 2.04. The molecular formula is C13H15FN2O2. The number of carbonyl (C=O) groups excluding carboxylic acids is 2. The summed E-state index contributed by atoms with van der Waals surface area (Å²) < 4.78 is 13.2. The predicted octanol–water partition coefficient (Wildman–Crippen LogP) is 1.04. The summed E-state index contributed by atoms with van der Waals surface area (Å²) in [5.41, 5.74) is 0.326. The van der Waals surface area contributed by atoms with Gasteiger partial charge in [-0.05, 0) is 12.1 Å². The van der Waals surface area contributed by atoms with Gasteiger partial charge in [-0.25, -0.2) is 4.39 Å². The van der Waals surface area contributed by atoms with Crippen molar-refractivity contribution in [2.75, 3.05) is 20.6 Å². The fourth-order valence-corrected chi connectivity index (χ4v) is 1.16. The second kappa shape index (κ2) is 6.54. The fourth-order valence-electron chi connectivity index (χ4n) is 1.16. The highest BCUT2D eigenvalue weighted by molar-refractivity contribution is 5.94. The van der Waals surface area contributed by atoms with Crippen LogP contribution >= 0.6 is 0 Å². The van der Waals surface area contributed by atoms with E-state index in [1.165, 1.54) is 23.1 Å². The summed E-state index contributed by atoms with van der Waals surface area (Å²) in [6.07, 6.45) is 2.56. The van der Waals surface area contributed by atoms with E-state index in [0.717, 1.165) is 0 Å². The summed E-state index contributed by atoms with van der Waals surface area (Å²) in [7, 11) is 3.20. The van der Waals surface area contributed by atoms with Crippen molar-refractivity contribution >= 4 is 17.9 Å². The topological polar surface area (TPSA) is 49.4 Å². The van der Waals surface area contributed by atoms with Crippen molar-refractivity contribution in [3.63, 3.8) is 0 Å². The SMILES string of the molecule is CN(C)C(=O)CNC(=O)/C=C/c1ccccc1F. The van der Waals surface area contributed by atoms with Crippen LogP contribution in [-0.2, 0) is 9.59 Å². The molecule has 0 bridgehead atoms. The summed E-state index contributed by atoms with van der Waals surface area (Å²) in [5.74, 6) is -1.04. The van der Waals surface area contributed by atoms with Gasteiger partial charge in [0.1, 0.15) is 5.82 Å². The first-order valence-electron chi connectivity index (χ1n) is 5.41. The lowest BCUT2D eigenvalue weighted by Crippen LogP contribution is -2.35. The molecule has 0 spiro atoms. The Hall–Kier alpha value is -2.17. The number of hydrogen-bond donors (Lipinski definition) is 1. The zero-order valence-corrected chi connectivity index (χ0v) is 10.3. The Morgan fingerprint density at radius 1 is 1.33 bits per heavy atom. The lowest BCUT2D eigenvalue weighted by molar-refractivity contribution is -0.129. The summed E-state index contributed by atoms with van der Waals surface area (Å²) >= 11 is 0. The Morgan fingerprint density at radius 2 is 2.00 bits per heavy atom. The Bertz CT molecular complexity index is 470. The van der Waals surface area contributed by atoms with Crippen LogP contribution < -0.4 is 5.32 Å². The number of halogens is 1. The van der Waals surface area contributed by atoms with Crippen LogP contribution in [0.4, 0.5) is 4.39 Å². The van der Waals surface area contributed by atoms with E-state index in [2.05, 4.69) is 5.32 Å². The Balaban J connectivity index is 2.50. The van der Waals surface area contributed by atoms with Crippen LogP contribution in [0.3, 0.4) is 0 Å². The zero-order valence-electron chi connectivity index (χ0n) is 10.3. The maximum absolute atomic E-state index is 13.2. The van der Waals surface area contributed by atoms with E-state index in [9.17, 15) is 14.0 Å². The standard InChI is InChI=1S/C13H15FN2O2/c1-16(2)13(18)9-15-12(17)8-7-10-5-3-4-6-11(10)14/h3-8H,9H2,1-2H3,(H,15,17)/b8-7+. The molecule has 2 amide bonds. The number of carbonyl (C=O) groups is 2. The average molecular weight is 250 g/mol. The summed E-state index contributed by atoms with van der Waals surface area (Å²) in [6.45, 7) is -0.0759. The molecule has 0 heterocycles. The lowest BCUT2D eigenvalue weighted by atomic mass is 10.2. The molecule has 1 N–H and O–H groups in total. The second-order valence-electron chi connectivity index (χ2n) is 3.86. The van der Waals surface area contributed by atoms with E-state index in [0.29, 0.717) is 5.56 Å². The van der Waals surface area contributed by atoms with Gasteiger partial charge in [-0.1, -0.05) is 18.2 Å².